The van der Waals surface area contributed by atoms with Gasteiger partial charge in [0.05, 0.1) is 25.2 Å². The molecule has 3 atom stereocenters. The summed E-state index contributed by atoms with van der Waals surface area (Å²) in [5, 5.41) is 0.687. The van der Waals surface area contributed by atoms with Crippen LogP contribution in [0.2, 0.25) is 5.02 Å². The molecule has 1 amide bonds. The molecule has 6 heteroatoms. The van der Waals surface area contributed by atoms with E-state index in [1.54, 1.807) is 7.11 Å². The lowest BCUT2D eigenvalue weighted by Crippen LogP contribution is -2.62. The predicted molar refractivity (Wildman–Crippen MR) is 104 cm³/mol. The molecular weight excluding hydrogens is 378 g/mol. The van der Waals surface area contributed by atoms with Crippen molar-refractivity contribution in [1.29, 1.82) is 0 Å². The topological polar surface area (TPSA) is 48.0 Å². The van der Waals surface area contributed by atoms with E-state index in [4.69, 9.17) is 25.8 Å². The van der Waals surface area contributed by atoms with Crippen LogP contribution in [0.4, 0.5) is 4.79 Å². The highest BCUT2D eigenvalue weighted by atomic mass is 35.5. The Balaban J connectivity index is 1.67. The zero-order chi connectivity index (χ0) is 19.4. The lowest BCUT2D eigenvalue weighted by molar-refractivity contribution is -0.254. The fourth-order valence-electron chi connectivity index (χ4n) is 5.32. The van der Waals surface area contributed by atoms with Gasteiger partial charge in [-0.3, -0.25) is 4.90 Å². The molecule has 0 aliphatic carbocycles. The molecule has 0 spiro atoms. The average molecular weight is 400 g/mol. The summed E-state index contributed by atoms with van der Waals surface area (Å²) in [6.07, 6.45) is 2.32. The summed E-state index contributed by atoms with van der Waals surface area (Å²) < 4.78 is 17.5. The molecule has 0 aromatic heterocycles. The van der Waals surface area contributed by atoms with Gasteiger partial charge in [-0.2, -0.15) is 0 Å². The van der Waals surface area contributed by atoms with E-state index >= 15 is 0 Å². The molecule has 0 bridgehead atoms. The van der Waals surface area contributed by atoms with Crippen molar-refractivity contribution in [1.82, 2.24) is 4.90 Å². The third-order valence-electron chi connectivity index (χ3n) is 6.48. The van der Waals surface area contributed by atoms with E-state index in [1.807, 2.05) is 53.4 Å². The van der Waals surface area contributed by atoms with Crippen molar-refractivity contribution in [3.8, 4) is 5.75 Å². The monoisotopic (exact) mass is 399 g/mol. The van der Waals surface area contributed by atoms with Gasteiger partial charge in [0.1, 0.15) is 5.75 Å². The highest BCUT2D eigenvalue weighted by Gasteiger charge is 2.67. The van der Waals surface area contributed by atoms with Crippen LogP contribution in [-0.4, -0.2) is 31.3 Å². The quantitative estimate of drug-likeness (QED) is 0.751. The lowest BCUT2D eigenvalue weighted by atomic mass is 9.69. The van der Waals surface area contributed by atoms with E-state index in [1.165, 1.54) is 0 Å². The van der Waals surface area contributed by atoms with Crippen LogP contribution in [0.5, 0.6) is 5.75 Å². The highest BCUT2D eigenvalue weighted by molar-refractivity contribution is 6.30. The molecular formula is C22H22ClNO4. The fourth-order valence-corrected chi connectivity index (χ4v) is 5.45. The number of benzene rings is 2. The molecule has 3 heterocycles. The van der Waals surface area contributed by atoms with E-state index in [0.29, 0.717) is 18.2 Å². The van der Waals surface area contributed by atoms with Crippen molar-refractivity contribution < 1.29 is 19.0 Å². The predicted octanol–water partition coefficient (Wildman–Crippen LogP) is 4.68. The number of nitrogens with zero attached hydrogens (tertiary/aromatic N) is 1. The molecule has 0 saturated carbocycles. The standard InChI is InChI=1S/C22H22ClNO4/c1-26-18-9-5-16(6-10-18)22-19(11-14-27-22)21(15-3-7-17(23)8-4-15)12-2-13-24(21)20(25)28-22/h3-10,19H,2,11-14H2,1H3/t19-,21-,22+/m1/s1. The van der Waals surface area contributed by atoms with Crippen LogP contribution < -0.4 is 4.74 Å². The molecule has 0 radical (unpaired) electrons. The van der Waals surface area contributed by atoms with E-state index < -0.39 is 11.3 Å². The van der Waals surface area contributed by atoms with E-state index in [-0.39, 0.29) is 12.0 Å². The van der Waals surface area contributed by atoms with Gasteiger partial charge in [0.15, 0.2) is 0 Å². The normalized spacial score (nSPS) is 31.3. The first kappa shape index (κ1) is 17.8. The van der Waals surface area contributed by atoms with Gasteiger partial charge < -0.3 is 14.2 Å². The Hall–Kier alpha value is -2.24. The minimum Gasteiger partial charge on any atom is -0.497 e. The second kappa shape index (κ2) is 6.39. The number of hydrogen-bond donors (Lipinski definition) is 0. The molecule has 5 nitrogen and oxygen atoms in total. The van der Waals surface area contributed by atoms with Crippen molar-refractivity contribution in [2.24, 2.45) is 5.92 Å². The zero-order valence-corrected chi connectivity index (χ0v) is 16.4. The Bertz CT molecular complexity index is 900. The molecule has 0 unspecified atom stereocenters. The number of hydrogen-bond acceptors (Lipinski definition) is 4. The van der Waals surface area contributed by atoms with Gasteiger partial charge in [0, 0.05) is 17.1 Å². The number of carbonyl (C=O) groups is 1. The van der Waals surface area contributed by atoms with Crippen LogP contribution >= 0.6 is 11.6 Å². The maximum atomic E-state index is 13.1. The molecule has 3 fully saturated rings. The molecule has 3 saturated heterocycles. The Morgan fingerprint density at radius 1 is 1.11 bits per heavy atom. The maximum Gasteiger partial charge on any atom is 0.413 e. The van der Waals surface area contributed by atoms with Crippen LogP contribution in [0.3, 0.4) is 0 Å². The van der Waals surface area contributed by atoms with Crippen LogP contribution in [-0.2, 0) is 20.8 Å². The summed E-state index contributed by atoms with van der Waals surface area (Å²) in [6.45, 7) is 1.24. The van der Waals surface area contributed by atoms with Gasteiger partial charge in [0.2, 0.25) is 5.79 Å². The van der Waals surface area contributed by atoms with Crippen molar-refractivity contribution in [3.05, 3.63) is 64.7 Å². The summed E-state index contributed by atoms with van der Waals surface area (Å²) >= 11 is 6.14. The SMILES string of the molecule is COc1ccc([C@@]23OCC[C@@H]2[C@]2(c4ccc(Cl)cc4)CCCN2C(=O)O3)cc1. The number of amides is 1. The van der Waals surface area contributed by atoms with Gasteiger partial charge in [-0.05, 0) is 61.2 Å². The second-order valence-corrected chi connectivity index (χ2v) is 8.08. The molecule has 3 aliphatic heterocycles. The highest BCUT2D eigenvalue weighted by Crippen LogP contribution is 2.60. The summed E-state index contributed by atoms with van der Waals surface area (Å²) in [4.78, 5) is 15.0. The zero-order valence-electron chi connectivity index (χ0n) is 15.7. The van der Waals surface area contributed by atoms with Crippen LogP contribution in [0, 0.1) is 5.92 Å². The Kier molecular flexibility index (Phi) is 4.07. The molecule has 3 aliphatic rings. The van der Waals surface area contributed by atoms with Gasteiger partial charge in [-0.25, -0.2) is 4.79 Å². The van der Waals surface area contributed by atoms with E-state index in [2.05, 4.69) is 0 Å². The van der Waals surface area contributed by atoms with Gasteiger partial charge in [0.25, 0.3) is 0 Å². The molecule has 5 rings (SSSR count). The number of carbonyl (C=O) groups excluding carboxylic acids is 1. The number of fused-ring (bicyclic) bond motifs is 3. The van der Waals surface area contributed by atoms with Gasteiger partial charge in [-0.1, -0.05) is 23.7 Å². The van der Waals surface area contributed by atoms with Crippen molar-refractivity contribution >= 4 is 17.7 Å². The van der Waals surface area contributed by atoms with Crippen molar-refractivity contribution in [2.45, 2.75) is 30.6 Å². The third-order valence-corrected chi connectivity index (χ3v) is 6.73. The Labute approximate surface area is 169 Å². The summed E-state index contributed by atoms with van der Waals surface area (Å²) in [5.74, 6) is -0.328. The summed E-state index contributed by atoms with van der Waals surface area (Å²) in [5.41, 5.74) is 1.50. The van der Waals surface area contributed by atoms with Crippen molar-refractivity contribution in [2.75, 3.05) is 20.3 Å². The van der Waals surface area contributed by atoms with Crippen molar-refractivity contribution in [3.63, 3.8) is 0 Å². The third kappa shape index (κ3) is 2.32. The number of ether oxygens (including phenoxy) is 3. The molecule has 2 aromatic carbocycles. The van der Waals surface area contributed by atoms with Gasteiger partial charge >= 0.3 is 6.09 Å². The molecule has 0 N–H and O–H groups in total. The second-order valence-electron chi connectivity index (χ2n) is 7.64. The number of rotatable bonds is 3. The first-order chi connectivity index (χ1) is 13.6. The number of methoxy groups -OCH3 is 1. The fraction of sp³-hybridized carbons (Fsp3) is 0.409. The minimum atomic E-state index is -1.08. The molecule has 2 aromatic rings. The first-order valence-electron chi connectivity index (χ1n) is 9.65. The molecule has 28 heavy (non-hydrogen) atoms. The maximum absolute atomic E-state index is 13.1. The van der Waals surface area contributed by atoms with Crippen LogP contribution in [0.15, 0.2) is 48.5 Å². The largest absolute Gasteiger partial charge is 0.497 e. The molecule has 146 valence electrons. The summed E-state index contributed by atoms with van der Waals surface area (Å²) in [7, 11) is 1.63. The lowest BCUT2D eigenvalue weighted by Gasteiger charge is -2.53. The first-order valence-corrected chi connectivity index (χ1v) is 10.0. The minimum absolute atomic E-state index is 0.00484. The Morgan fingerprint density at radius 2 is 1.82 bits per heavy atom. The summed E-state index contributed by atoms with van der Waals surface area (Å²) in [6, 6.07) is 15.5. The van der Waals surface area contributed by atoms with Crippen LogP contribution in [0.25, 0.3) is 0 Å². The van der Waals surface area contributed by atoms with Crippen LogP contribution in [0.1, 0.15) is 30.4 Å². The van der Waals surface area contributed by atoms with E-state index in [0.717, 1.165) is 36.1 Å². The Morgan fingerprint density at radius 3 is 2.54 bits per heavy atom. The smallest absolute Gasteiger partial charge is 0.413 e. The van der Waals surface area contributed by atoms with E-state index in [9.17, 15) is 4.79 Å². The number of halogens is 1. The average Bonchev–Trinajstić information content (AvgIpc) is 3.35. The van der Waals surface area contributed by atoms with Gasteiger partial charge in [-0.15, -0.1) is 0 Å².